The number of guanidine groups is 1. The lowest BCUT2D eigenvalue weighted by molar-refractivity contribution is -0.114. The van der Waals surface area contributed by atoms with Crippen LogP contribution < -0.4 is 16.4 Å². The van der Waals surface area contributed by atoms with Crippen LogP contribution in [0.15, 0.2) is 29.3 Å². The number of aliphatic imine (C=N–C) groups is 1. The van der Waals surface area contributed by atoms with Crippen molar-refractivity contribution in [1.82, 2.24) is 5.32 Å². The molecule has 1 aromatic rings. The molecule has 0 atom stereocenters. The lowest BCUT2D eigenvalue weighted by Crippen LogP contribution is -2.33. The van der Waals surface area contributed by atoms with Gasteiger partial charge >= 0.3 is 0 Å². The molecule has 0 aliphatic rings. The molecular formula is C17H29IN4O. The van der Waals surface area contributed by atoms with Gasteiger partial charge in [-0.25, -0.2) is 0 Å². The molecule has 0 aromatic heterocycles. The molecule has 0 unspecified atom stereocenters. The van der Waals surface area contributed by atoms with Crippen molar-refractivity contribution in [3.63, 3.8) is 0 Å². The van der Waals surface area contributed by atoms with Crippen molar-refractivity contribution in [2.75, 3.05) is 18.4 Å². The van der Waals surface area contributed by atoms with Crippen LogP contribution >= 0.6 is 24.0 Å². The predicted octanol–water partition coefficient (Wildman–Crippen LogP) is 3.29. The Morgan fingerprint density at radius 1 is 1.17 bits per heavy atom. The second kappa shape index (κ2) is 13.2. The molecule has 0 aliphatic carbocycles. The lowest BCUT2D eigenvalue weighted by atomic mass is 10.1. The summed E-state index contributed by atoms with van der Waals surface area (Å²) in [6, 6.07) is 7.82. The molecule has 0 saturated heterocycles. The summed E-state index contributed by atoms with van der Waals surface area (Å²) in [6.45, 7) is 5.25. The van der Waals surface area contributed by atoms with Crippen LogP contribution in [0.1, 0.15) is 45.1 Å². The molecular weight excluding hydrogens is 403 g/mol. The van der Waals surface area contributed by atoms with E-state index in [9.17, 15) is 4.79 Å². The number of carbonyl (C=O) groups excluding carboxylic acids is 1. The molecule has 4 N–H and O–H groups in total. The molecule has 130 valence electrons. The van der Waals surface area contributed by atoms with Gasteiger partial charge in [-0.2, -0.15) is 0 Å². The number of rotatable bonds is 9. The van der Waals surface area contributed by atoms with Crippen LogP contribution in [0.2, 0.25) is 0 Å². The SMILES string of the molecule is CCCCCCN=C(N)NCCc1ccc(NC(C)=O)cc1.I. The summed E-state index contributed by atoms with van der Waals surface area (Å²) in [5.41, 5.74) is 7.83. The van der Waals surface area contributed by atoms with E-state index in [2.05, 4.69) is 22.5 Å². The Morgan fingerprint density at radius 2 is 1.87 bits per heavy atom. The first-order valence-corrected chi connectivity index (χ1v) is 8.02. The first-order valence-electron chi connectivity index (χ1n) is 8.02. The summed E-state index contributed by atoms with van der Waals surface area (Å²) < 4.78 is 0. The Morgan fingerprint density at radius 3 is 2.48 bits per heavy atom. The highest BCUT2D eigenvalue weighted by molar-refractivity contribution is 14.0. The predicted molar refractivity (Wildman–Crippen MR) is 108 cm³/mol. The Hall–Kier alpha value is -1.31. The number of hydrogen-bond acceptors (Lipinski definition) is 2. The molecule has 1 aromatic carbocycles. The van der Waals surface area contributed by atoms with E-state index < -0.39 is 0 Å². The van der Waals surface area contributed by atoms with Crippen LogP contribution in [0.3, 0.4) is 0 Å². The molecule has 1 amide bonds. The molecule has 0 saturated carbocycles. The van der Waals surface area contributed by atoms with Crippen molar-refractivity contribution < 1.29 is 4.79 Å². The standard InChI is InChI=1S/C17H28N4O.HI/c1-3-4-5-6-12-19-17(18)20-13-11-15-7-9-16(10-8-15)21-14(2)22;/h7-10H,3-6,11-13H2,1-2H3,(H,21,22)(H3,18,19,20);1H. The molecule has 0 radical (unpaired) electrons. The van der Waals surface area contributed by atoms with E-state index in [1.165, 1.54) is 31.7 Å². The van der Waals surface area contributed by atoms with Crippen molar-refractivity contribution in [3.05, 3.63) is 29.8 Å². The van der Waals surface area contributed by atoms with Crippen LogP contribution in [0, 0.1) is 0 Å². The van der Waals surface area contributed by atoms with Gasteiger partial charge in [0.2, 0.25) is 5.91 Å². The Balaban J connectivity index is 0.00000484. The minimum absolute atomic E-state index is 0. The molecule has 0 aliphatic heterocycles. The summed E-state index contributed by atoms with van der Waals surface area (Å²) in [4.78, 5) is 15.3. The maximum Gasteiger partial charge on any atom is 0.221 e. The zero-order valence-corrected chi connectivity index (χ0v) is 16.4. The number of hydrogen-bond donors (Lipinski definition) is 3. The van der Waals surface area contributed by atoms with E-state index in [4.69, 9.17) is 5.73 Å². The number of amides is 1. The largest absolute Gasteiger partial charge is 0.370 e. The van der Waals surface area contributed by atoms with Gasteiger partial charge in [0.25, 0.3) is 0 Å². The summed E-state index contributed by atoms with van der Waals surface area (Å²) in [7, 11) is 0. The van der Waals surface area contributed by atoms with Crippen LogP contribution in [-0.4, -0.2) is 25.0 Å². The van der Waals surface area contributed by atoms with Gasteiger partial charge in [0.1, 0.15) is 0 Å². The fourth-order valence-electron chi connectivity index (χ4n) is 2.09. The van der Waals surface area contributed by atoms with Gasteiger partial charge in [0.15, 0.2) is 5.96 Å². The first-order chi connectivity index (χ1) is 10.6. The lowest BCUT2D eigenvalue weighted by Gasteiger charge is -2.07. The minimum atomic E-state index is -0.0580. The average molecular weight is 432 g/mol. The third-order valence-electron chi connectivity index (χ3n) is 3.29. The first kappa shape index (κ1) is 21.7. The fourth-order valence-corrected chi connectivity index (χ4v) is 2.09. The van der Waals surface area contributed by atoms with Crippen molar-refractivity contribution in [1.29, 1.82) is 0 Å². The van der Waals surface area contributed by atoms with Crippen molar-refractivity contribution in [2.45, 2.75) is 46.0 Å². The Labute approximate surface area is 156 Å². The summed E-state index contributed by atoms with van der Waals surface area (Å²) in [5, 5.41) is 5.88. The number of nitrogens with one attached hydrogen (secondary N) is 2. The Kier molecular flexibility index (Phi) is 12.4. The number of halogens is 1. The van der Waals surface area contributed by atoms with Gasteiger partial charge in [-0.15, -0.1) is 24.0 Å². The van der Waals surface area contributed by atoms with Crippen molar-refractivity contribution in [3.8, 4) is 0 Å². The van der Waals surface area contributed by atoms with Crippen LogP contribution in [0.5, 0.6) is 0 Å². The molecule has 0 bridgehead atoms. The number of unbranched alkanes of at least 4 members (excludes halogenated alkanes) is 3. The van der Waals surface area contributed by atoms with Gasteiger partial charge in [-0.3, -0.25) is 9.79 Å². The minimum Gasteiger partial charge on any atom is -0.370 e. The second-order valence-corrected chi connectivity index (χ2v) is 5.38. The van der Waals surface area contributed by atoms with Crippen molar-refractivity contribution in [2.24, 2.45) is 10.7 Å². The van der Waals surface area contributed by atoms with Crippen LogP contribution in [0.4, 0.5) is 5.69 Å². The third kappa shape index (κ3) is 11.0. The third-order valence-corrected chi connectivity index (χ3v) is 3.29. The quantitative estimate of drug-likeness (QED) is 0.243. The maximum absolute atomic E-state index is 10.9. The molecule has 0 spiro atoms. The molecule has 1 rings (SSSR count). The zero-order chi connectivity index (χ0) is 16.2. The topological polar surface area (TPSA) is 79.5 Å². The van der Waals surface area contributed by atoms with Gasteiger partial charge in [0.05, 0.1) is 0 Å². The monoisotopic (exact) mass is 432 g/mol. The van der Waals surface area contributed by atoms with Gasteiger partial charge in [-0.1, -0.05) is 38.3 Å². The van der Waals surface area contributed by atoms with Gasteiger partial charge in [-0.05, 0) is 30.5 Å². The van der Waals surface area contributed by atoms with Crippen molar-refractivity contribution >= 4 is 41.5 Å². The number of carbonyl (C=O) groups is 1. The van der Waals surface area contributed by atoms with E-state index >= 15 is 0 Å². The van der Waals surface area contributed by atoms with Gasteiger partial charge in [0, 0.05) is 25.7 Å². The fraction of sp³-hybridized carbons (Fsp3) is 0.529. The van der Waals surface area contributed by atoms with Crippen LogP contribution in [-0.2, 0) is 11.2 Å². The molecule has 0 heterocycles. The summed E-state index contributed by atoms with van der Waals surface area (Å²) >= 11 is 0. The molecule has 5 nitrogen and oxygen atoms in total. The highest BCUT2D eigenvalue weighted by Crippen LogP contribution is 2.09. The van der Waals surface area contributed by atoms with Gasteiger partial charge < -0.3 is 16.4 Å². The van der Waals surface area contributed by atoms with Crippen LogP contribution in [0.25, 0.3) is 0 Å². The summed E-state index contributed by atoms with van der Waals surface area (Å²) in [6.07, 6.45) is 5.68. The molecule has 6 heteroatoms. The molecule has 0 fully saturated rings. The van der Waals surface area contributed by atoms with E-state index in [0.29, 0.717) is 5.96 Å². The zero-order valence-electron chi connectivity index (χ0n) is 14.1. The molecule has 23 heavy (non-hydrogen) atoms. The normalized spacial score (nSPS) is 10.8. The number of benzene rings is 1. The second-order valence-electron chi connectivity index (χ2n) is 5.38. The highest BCUT2D eigenvalue weighted by Gasteiger charge is 1.97. The maximum atomic E-state index is 10.9. The van der Waals surface area contributed by atoms with E-state index in [-0.39, 0.29) is 29.9 Å². The van der Waals surface area contributed by atoms with E-state index in [1.54, 1.807) is 0 Å². The number of nitrogens with two attached hydrogens (primary N) is 1. The average Bonchev–Trinajstić information content (AvgIpc) is 2.48. The van der Waals surface area contributed by atoms with E-state index in [0.717, 1.165) is 31.6 Å². The van der Waals surface area contributed by atoms with E-state index in [1.807, 2.05) is 24.3 Å². The Bertz CT molecular complexity index is 474. The smallest absolute Gasteiger partial charge is 0.221 e. The number of nitrogens with zero attached hydrogens (tertiary/aromatic N) is 1. The summed E-state index contributed by atoms with van der Waals surface area (Å²) in [5.74, 6) is 0.462. The number of anilines is 1. The highest BCUT2D eigenvalue weighted by atomic mass is 127.